The highest BCUT2D eigenvalue weighted by Crippen LogP contribution is 2.30. The maximum Gasteiger partial charge on any atom is 0.224 e. The van der Waals surface area contributed by atoms with Crippen molar-refractivity contribution in [3.63, 3.8) is 0 Å². The average Bonchev–Trinajstić information content (AvgIpc) is 2.61. The summed E-state index contributed by atoms with van der Waals surface area (Å²) >= 11 is 0. The summed E-state index contributed by atoms with van der Waals surface area (Å²) in [6, 6.07) is 5.52. The van der Waals surface area contributed by atoms with Gasteiger partial charge in [-0.15, -0.1) is 0 Å². The number of ether oxygens (including phenoxy) is 3. The van der Waals surface area contributed by atoms with Gasteiger partial charge in [0.05, 0.1) is 27.2 Å². The van der Waals surface area contributed by atoms with E-state index in [2.05, 4.69) is 10.6 Å². The molecule has 6 heteroatoms. The molecule has 1 aliphatic heterocycles. The van der Waals surface area contributed by atoms with E-state index in [1.165, 1.54) is 0 Å². The summed E-state index contributed by atoms with van der Waals surface area (Å²) in [5, 5.41) is 6.43. The van der Waals surface area contributed by atoms with Gasteiger partial charge < -0.3 is 24.8 Å². The summed E-state index contributed by atoms with van der Waals surface area (Å²) < 4.78 is 16.1. The smallest absolute Gasteiger partial charge is 0.224 e. The van der Waals surface area contributed by atoms with E-state index in [0.29, 0.717) is 24.7 Å². The molecule has 1 aromatic rings. The molecule has 2 rings (SSSR count). The molecular formula is C18H28N2O4. The molecule has 2 N–H and O–H groups in total. The van der Waals surface area contributed by atoms with E-state index in [1.54, 1.807) is 21.3 Å². The van der Waals surface area contributed by atoms with Crippen LogP contribution >= 0.6 is 0 Å². The largest absolute Gasteiger partial charge is 0.496 e. The van der Waals surface area contributed by atoms with Crippen molar-refractivity contribution >= 4 is 5.91 Å². The van der Waals surface area contributed by atoms with Crippen molar-refractivity contribution in [1.29, 1.82) is 0 Å². The van der Waals surface area contributed by atoms with Crippen molar-refractivity contribution in [3.05, 3.63) is 23.8 Å². The van der Waals surface area contributed by atoms with Crippen LogP contribution < -0.4 is 20.1 Å². The summed E-state index contributed by atoms with van der Waals surface area (Å²) in [6.07, 6.45) is 2.23. The van der Waals surface area contributed by atoms with Crippen LogP contribution in [0.15, 0.2) is 18.2 Å². The Bertz CT molecular complexity index is 514. The Hall–Kier alpha value is -1.79. The first-order valence-electron chi connectivity index (χ1n) is 8.30. The van der Waals surface area contributed by atoms with E-state index in [0.717, 1.165) is 31.5 Å². The molecular weight excluding hydrogens is 308 g/mol. The number of amides is 1. The average molecular weight is 336 g/mol. The number of carbonyl (C=O) groups is 1. The maximum absolute atomic E-state index is 12.5. The second-order valence-electron chi connectivity index (χ2n) is 6.28. The van der Waals surface area contributed by atoms with Crippen molar-refractivity contribution in [2.75, 3.05) is 47.6 Å². The highest BCUT2D eigenvalue weighted by molar-refractivity contribution is 5.80. The summed E-state index contributed by atoms with van der Waals surface area (Å²) in [7, 11) is 4.91. The minimum atomic E-state index is -0.0354. The lowest BCUT2D eigenvalue weighted by Crippen LogP contribution is -2.47. The van der Waals surface area contributed by atoms with E-state index >= 15 is 0 Å². The van der Waals surface area contributed by atoms with Gasteiger partial charge in [0, 0.05) is 24.6 Å². The molecule has 0 aromatic heterocycles. The van der Waals surface area contributed by atoms with Crippen molar-refractivity contribution in [3.8, 4) is 11.5 Å². The van der Waals surface area contributed by atoms with E-state index in [-0.39, 0.29) is 17.7 Å². The molecule has 0 saturated carbocycles. The lowest BCUT2D eigenvalue weighted by Gasteiger charge is -2.37. The highest BCUT2D eigenvalue weighted by atomic mass is 16.5. The zero-order valence-electron chi connectivity index (χ0n) is 14.8. The van der Waals surface area contributed by atoms with Crippen LogP contribution in [0.2, 0.25) is 0 Å². The van der Waals surface area contributed by atoms with Crippen molar-refractivity contribution in [2.24, 2.45) is 5.41 Å². The third-order valence-corrected chi connectivity index (χ3v) is 4.64. The van der Waals surface area contributed by atoms with Crippen LogP contribution in [0.1, 0.15) is 18.4 Å². The molecule has 1 fully saturated rings. The Kier molecular flexibility index (Phi) is 6.87. The van der Waals surface area contributed by atoms with E-state index in [4.69, 9.17) is 14.2 Å². The van der Waals surface area contributed by atoms with Crippen LogP contribution in [0, 0.1) is 5.41 Å². The normalized spacial score (nSPS) is 16.5. The van der Waals surface area contributed by atoms with Gasteiger partial charge in [0.1, 0.15) is 11.5 Å². The van der Waals surface area contributed by atoms with Crippen LogP contribution in [-0.4, -0.2) is 53.5 Å². The molecule has 6 nitrogen and oxygen atoms in total. The lowest BCUT2D eigenvalue weighted by molar-refractivity contribution is -0.121. The Labute approximate surface area is 143 Å². The molecule has 0 aliphatic carbocycles. The van der Waals surface area contributed by atoms with Gasteiger partial charge in [-0.2, -0.15) is 0 Å². The molecule has 1 amide bonds. The van der Waals surface area contributed by atoms with Crippen molar-refractivity contribution < 1.29 is 19.0 Å². The summed E-state index contributed by atoms with van der Waals surface area (Å²) in [5.41, 5.74) is 0.784. The first-order valence-corrected chi connectivity index (χ1v) is 8.30. The van der Waals surface area contributed by atoms with Crippen molar-refractivity contribution in [1.82, 2.24) is 10.6 Å². The number of piperidine rings is 1. The molecule has 0 radical (unpaired) electrons. The van der Waals surface area contributed by atoms with Gasteiger partial charge in [0.25, 0.3) is 0 Å². The molecule has 0 unspecified atom stereocenters. The highest BCUT2D eigenvalue weighted by Gasteiger charge is 2.32. The molecule has 1 aromatic carbocycles. The van der Waals surface area contributed by atoms with E-state index in [1.807, 2.05) is 18.2 Å². The van der Waals surface area contributed by atoms with Crippen LogP contribution in [0.4, 0.5) is 0 Å². The van der Waals surface area contributed by atoms with Gasteiger partial charge in [-0.05, 0) is 38.1 Å². The van der Waals surface area contributed by atoms with Crippen molar-refractivity contribution in [2.45, 2.75) is 19.3 Å². The predicted molar refractivity (Wildman–Crippen MR) is 92.7 cm³/mol. The number of methoxy groups -OCH3 is 3. The second kappa shape index (κ2) is 8.89. The fourth-order valence-electron chi connectivity index (χ4n) is 3.25. The summed E-state index contributed by atoms with van der Waals surface area (Å²) in [5.74, 6) is 1.29. The minimum Gasteiger partial charge on any atom is -0.496 e. The Morgan fingerprint density at radius 2 is 1.79 bits per heavy atom. The van der Waals surface area contributed by atoms with Gasteiger partial charge in [-0.25, -0.2) is 0 Å². The first kappa shape index (κ1) is 18.5. The predicted octanol–water partition coefficient (Wildman–Crippen LogP) is 1.38. The number of nitrogens with one attached hydrogen (secondary N) is 2. The fraction of sp³-hybridized carbons (Fsp3) is 0.611. The zero-order valence-corrected chi connectivity index (χ0v) is 14.8. The van der Waals surface area contributed by atoms with Gasteiger partial charge >= 0.3 is 0 Å². The third kappa shape index (κ3) is 4.61. The topological polar surface area (TPSA) is 68.8 Å². The van der Waals surface area contributed by atoms with Gasteiger partial charge in [0.15, 0.2) is 0 Å². The summed E-state index contributed by atoms with van der Waals surface area (Å²) in [6.45, 7) is 3.20. The van der Waals surface area contributed by atoms with Gasteiger partial charge in [0.2, 0.25) is 5.91 Å². The van der Waals surface area contributed by atoms with Crippen LogP contribution in [0.5, 0.6) is 11.5 Å². The molecule has 0 atom stereocenters. The maximum atomic E-state index is 12.5. The second-order valence-corrected chi connectivity index (χ2v) is 6.28. The number of hydrogen-bond acceptors (Lipinski definition) is 5. The molecule has 134 valence electrons. The van der Waals surface area contributed by atoms with Crippen LogP contribution in [-0.2, 0) is 16.0 Å². The van der Waals surface area contributed by atoms with Gasteiger partial charge in [-0.3, -0.25) is 4.79 Å². The van der Waals surface area contributed by atoms with E-state index < -0.39 is 0 Å². The standard InChI is InChI=1S/C18H28N2O4/c1-22-13-18(7-9-19-10-8-18)12-20-17(21)11-14-15(23-2)5-4-6-16(14)24-3/h4-6,19H,7-13H2,1-3H3,(H,20,21). The summed E-state index contributed by atoms with van der Waals surface area (Å²) in [4.78, 5) is 12.5. The SMILES string of the molecule is COCC1(CNC(=O)Cc2c(OC)cccc2OC)CCNCC1. The Morgan fingerprint density at radius 1 is 1.17 bits per heavy atom. The monoisotopic (exact) mass is 336 g/mol. The van der Waals surface area contributed by atoms with Crippen LogP contribution in [0.3, 0.4) is 0 Å². The minimum absolute atomic E-state index is 0.0144. The third-order valence-electron chi connectivity index (χ3n) is 4.64. The lowest BCUT2D eigenvalue weighted by atomic mass is 9.79. The number of hydrogen-bond donors (Lipinski definition) is 2. The number of rotatable bonds is 8. The molecule has 0 bridgehead atoms. The quantitative estimate of drug-likeness (QED) is 0.751. The molecule has 24 heavy (non-hydrogen) atoms. The Morgan fingerprint density at radius 3 is 2.33 bits per heavy atom. The molecule has 1 aliphatic rings. The fourth-order valence-corrected chi connectivity index (χ4v) is 3.25. The first-order chi connectivity index (χ1) is 11.6. The Balaban J connectivity index is 2.00. The van der Waals surface area contributed by atoms with E-state index in [9.17, 15) is 4.79 Å². The number of benzene rings is 1. The molecule has 1 heterocycles. The zero-order chi connectivity index (χ0) is 17.4. The van der Waals surface area contributed by atoms with Crippen LogP contribution in [0.25, 0.3) is 0 Å². The number of carbonyl (C=O) groups excluding carboxylic acids is 1. The molecule has 1 saturated heterocycles. The van der Waals surface area contributed by atoms with Gasteiger partial charge in [-0.1, -0.05) is 6.07 Å². The molecule has 0 spiro atoms.